The molecule has 1 aliphatic rings. The van der Waals surface area contributed by atoms with Crippen LogP contribution in [0.1, 0.15) is 19.8 Å². The molecule has 12 heavy (non-hydrogen) atoms. The topological polar surface area (TPSA) is 63.3 Å². The van der Waals surface area contributed by atoms with Crippen LogP contribution in [0.25, 0.3) is 0 Å². The van der Waals surface area contributed by atoms with Gasteiger partial charge < -0.3 is 10.8 Å². The fourth-order valence-corrected chi connectivity index (χ4v) is 1.24. The molecule has 5 heteroatoms. The van der Waals surface area contributed by atoms with Crippen molar-refractivity contribution in [3.63, 3.8) is 0 Å². The molecule has 0 aromatic rings. The maximum atomic E-state index is 12.6. The quantitative estimate of drug-likeness (QED) is 0.674. The van der Waals surface area contributed by atoms with Crippen molar-refractivity contribution in [3.8, 4) is 0 Å². The average Bonchev–Trinajstić information content (AvgIpc) is 2.30. The number of hydrogen-bond donors (Lipinski definition) is 2. The van der Waals surface area contributed by atoms with Gasteiger partial charge in [0.2, 0.25) is 0 Å². The third kappa shape index (κ3) is 1.41. The molecule has 0 aliphatic heterocycles. The van der Waals surface area contributed by atoms with E-state index in [9.17, 15) is 13.6 Å². The van der Waals surface area contributed by atoms with E-state index in [1.807, 2.05) is 0 Å². The number of alkyl halides is 2. The molecule has 0 aromatic heterocycles. The lowest BCUT2D eigenvalue weighted by molar-refractivity contribution is -0.139. The summed E-state index contributed by atoms with van der Waals surface area (Å²) in [5.41, 5.74) is 3.94. The van der Waals surface area contributed by atoms with Gasteiger partial charge in [-0.05, 0) is 6.42 Å². The van der Waals surface area contributed by atoms with E-state index in [1.54, 1.807) is 0 Å². The highest BCUT2D eigenvalue weighted by Gasteiger charge is 2.68. The normalized spacial score (nSPS) is 34.3. The van der Waals surface area contributed by atoms with Crippen molar-refractivity contribution in [1.29, 1.82) is 0 Å². The first kappa shape index (κ1) is 9.38. The van der Waals surface area contributed by atoms with Gasteiger partial charge in [-0.2, -0.15) is 0 Å². The van der Waals surface area contributed by atoms with Gasteiger partial charge in [0.1, 0.15) is 6.04 Å². The summed E-state index contributed by atoms with van der Waals surface area (Å²) in [5.74, 6) is -3.95. The summed E-state index contributed by atoms with van der Waals surface area (Å²) in [4.78, 5) is 10.2. The Morgan fingerprint density at radius 3 is 2.42 bits per heavy atom. The zero-order chi connectivity index (χ0) is 9.57. The van der Waals surface area contributed by atoms with Crippen LogP contribution in [0, 0.1) is 5.41 Å². The molecule has 2 atom stereocenters. The molecular weight excluding hydrogens is 168 g/mol. The summed E-state index contributed by atoms with van der Waals surface area (Å²) in [6.45, 7) is 1.36. The Hall–Kier alpha value is -0.710. The van der Waals surface area contributed by atoms with E-state index in [0.717, 1.165) is 0 Å². The summed E-state index contributed by atoms with van der Waals surface area (Å²) in [6.07, 6.45) is -0.406. The van der Waals surface area contributed by atoms with E-state index in [4.69, 9.17) is 10.8 Å². The number of halogens is 2. The predicted octanol–water partition coefficient (Wildman–Crippen LogP) is 0.834. The molecule has 3 nitrogen and oxygen atoms in total. The summed E-state index contributed by atoms with van der Waals surface area (Å²) in [6, 6.07) is -1.18. The molecule has 3 N–H and O–H groups in total. The second-order valence-electron chi connectivity index (χ2n) is 3.59. The number of nitrogens with two attached hydrogens (primary N) is 1. The maximum Gasteiger partial charge on any atom is 0.320 e. The number of aliphatic carboxylic acids is 1. The largest absolute Gasteiger partial charge is 0.480 e. The summed E-state index contributed by atoms with van der Waals surface area (Å²) < 4.78 is 25.1. The van der Waals surface area contributed by atoms with Crippen molar-refractivity contribution >= 4 is 5.97 Å². The minimum absolute atomic E-state index is 0.157. The van der Waals surface area contributed by atoms with E-state index in [-0.39, 0.29) is 12.8 Å². The highest BCUT2D eigenvalue weighted by molar-refractivity contribution is 5.73. The first-order valence-corrected chi connectivity index (χ1v) is 3.65. The van der Waals surface area contributed by atoms with Crippen molar-refractivity contribution in [2.75, 3.05) is 0 Å². The van der Waals surface area contributed by atoms with Gasteiger partial charge in [0.25, 0.3) is 5.92 Å². The monoisotopic (exact) mass is 179 g/mol. The van der Waals surface area contributed by atoms with Gasteiger partial charge in [0.15, 0.2) is 0 Å². The Kier molecular flexibility index (Phi) is 1.87. The van der Waals surface area contributed by atoms with Crippen molar-refractivity contribution < 1.29 is 18.7 Å². The Morgan fingerprint density at radius 2 is 2.17 bits per heavy atom. The number of rotatable bonds is 3. The molecule has 1 rings (SSSR count). The lowest BCUT2D eigenvalue weighted by atomic mass is 9.99. The van der Waals surface area contributed by atoms with Crippen LogP contribution in [0.5, 0.6) is 0 Å². The molecule has 0 aromatic carbocycles. The Balaban J connectivity index is 2.49. The molecule has 0 bridgehead atoms. The van der Waals surface area contributed by atoms with Gasteiger partial charge in [0, 0.05) is 11.8 Å². The predicted molar refractivity (Wildman–Crippen MR) is 37.9 cm³/mol. The summed E-state index contributed by atoms with van der Waals surface area (Å²) in [5, 5.41) is 8.37. The van der Waals surface area contributed by atoms with Crippen LogP contribution in [0.2, 0.25) is 0 Å². The molecule has 1 fully saturated rings. The van der Waals surface area contributed by atoms with Crippen LogP contribution in [0.15, 0.2) is 0 Å². The number of hydrogen-bond acceptors (Lipinski definition) is 2. The van der Waals surface area contributed by atoms with Crippen LogP contribution in [0.3, 0.4) is 0 Å². The van der Waals surface area contributed by atoms with E-state index < -0.39 is 23.3 Å². The minimum atomic E-state index is -2.72. The Labute approximate surface area is 68.5 Å². The second kappa shape index (κ2) is 2.39. The molecule has 0 radical (unpaired) electrons. The molecule has 1 unspecified atom stereocenters. The molecule has 1 saturated carbocycles. The van der Waals surface area contributed by atoms with Crippen molar-refractivity contribution in [2.45, 2.75) is 31.7 Å². The fraction of sp³-hybridized carbons (Fsp3) is 0.857. The number of carboxylic acids is 1. The molecule has 0 saturated heterocycles. The molecule has 0 spiro atoms. The first-order chi connectivity index (χ1) is 5.28. The van der Waals surface area contributed by atoms with Crippen LogP contribution in [-0.2, 0) is 4.79 Å². The standard InChI is InChI=1S/C7H11F2NO2/c1-6(3-7(6,8)9)2-4(10)5(11)12/h4H,2-3,10H2,1H3,(H,11,12)/t4-,6?/m1/s1. The van der Waals surface area contributed by atoms with E-state index in [2.05, 4.69) is 0 Å². The number of carbonyl (C=O) groups is 1. The Bertz CT molecular complexity index is 219. The van der Waals surface area contributed by atoms with Gasteiger partial charge in [-0.1, -0.05) is 6.92 Å². The van der Waals surface area contributed by atoms with Crippen molar-refractivity contribution in [3.05, 3.63) is 0 Å². The SMILES string of the molecule is CC1(C[C@@H](N)C(=O)O)CC1(F)F. The average molecular weight is 179 g/mol. The van der Waals surface area contributed by atoms with E-state index in [0.29, 0.717) is 0 Å². The molecule has 70 valence electrons. The molecule has 1 aliphatic carbocycles. The third-order valence-electron chi connectivity index (χ3n) is 2.36. The van der Waals surface area contributed by atoms with Crippen LogP contribution < -0.4 is 5.73 Å². The summed E-state index contributed by atoms with van der Waals surface area (Å²) in [7, 11) is 0. The van der Waals surface area contributed by atoms with E-state index in [1.165, 1.54) is 6.92 Å². The third-order valence-corrected chi connectivity index (χ3v) is 2.36. The van der Waals surface area contributed by atoms with Crippen molar-refractivity contribution in [2.24, 2.45) is 11.1 Å². The van der Waals surface area contributed by atoms with Gasteiger partial charge >= 0.3 is 5.97 Å². The van der Waals surface area contributed by atoms with Gasteiger partial charge in [-0.15, -0.1) is 0 Å². The highest BCUT2D eigenvalue weighted by Crippen LogP contribution is 2.62. The lowest BCUT2D eigenvalue weighted by Crippen LogP contribution is -2.33. The van der Waals surface area contributed by atoms with Crippen molar-refractivity contribution in [1.82, 2.24) is 0 Å². The zero-order valence-electron chi connectivity index (χ0n) is 6.68. The highest BCUT2D eigenvalue weighted by atomic mass is 19.3. The van der Waals surface area contributed by atoms with Crippen LogP contribution >= 0.6 is 0 Å². The number of carboxylic acid groups (broad SMARTS) is 1. The van der Waals surface area contributed by atoms with Gasteiger partial charge in [-0.25, -0.2) is 8.78 Å². The zero-order valence-corrected chi connectivity index (χ0v) is 6.68. The van der Waals surface area contributed by atoms with E-state index >= 15 is 0 Å². The van der Waals surface area contributed by atoms with Crippen LogP contribution in [-0.4, -0.2) is 23.0 Å². The fourth-order valence-electron chi connectivity index (χ4n) is 1.24. The van der Waals surface area contributed by atoms with Gasteiger partial charge in [0.05, 0.1) is 0 Å². The summed E-state index contributed by atoms with van der Waals surface area (Å²) >= 11 is 0. The van der Waals surface area contributed by atoms with Crippen LogP contribution in [0.4, 0.5) is 8.78 Å². The molecule has 0 amide bonds. The first-order valence-electron chi connectivity index (χ1n) is 3.65. The molecule has 0 heterocycles. The smallest absolute Gasteiger partial charge is 0.320 e. The lowest BCUT2D eigenvalue weighted by Gasteiger charge is -2.12. The molecular formula is C7H11F2NO2. The minimum Gasteiger partial charge on any atom is -0.480 e. The second-order valence-corrected chi connectivity index (χ2v) is 3.59. The Morgan fingerprint density at radius 1 is 1.75 bits per heavy atom. The maximum absolute atomic E-state index is 12.6. The van der Waals surface area contributed by atoms with Gasteiger partial charge in [-0.3, -0.25) is 4.79 Å².